The monoisotopic (exact) mass is 232 g/mol. The van der Waals surface area contributed by atoms with Crippen molar-refractivity contribution >= 4 is 22.2 Å². The van der Waals surface area contributed by atoms with Crippen molar-refractivity contribution in [3.8, 4) is 5.75 Å². The minimum atomic E-state index is -0.797. The predicted octanol–water partition coefficient (Wildman–Crippen LogP) is 2.41. The van der Waals surface area contributed by atoms with Gasteiger partial charge in [-0.25, -0.2) is 4.39 Å². The first-order chi connectivity index (χ1) is 5.57. The Hall–Kier alpha value is -0.900. The van der Waals surface area contributed by atoms with Gasteiger partial charge in [0.2, 0.25) is 0 Å². The summed E-state index contributed by atoms with van der Waals surface area (Å²) in [6.45, 7) is 1.62. The Labute approximate surface area is 77.2 Å². The summed E-state index contributed by atoms with van der Waals surface area (Å²) < 4.78 is 13.2. The number of carbonyl (C=O) groups is 1. The zero-order valence-electron chi connectivity index (χ0n) is 6.27. The number of carbonyl (C=O) groups excluding carboxylic acids is 1. The molecule has 0 aliphatic rings. The van der Waals surface area contributed by atoms with Crippen LogP contribution < -0.4 is 0 Å². The number of aromatic hydroxyl groups is 1. The number of aldehydes is 1. The molecule has 0 aliphatic carbocycles. The van der Waals surface area contributed by atoms with Crippen LogP contribution in [0.3, 0.4) is 0 Å². The van der Waals surface area contributed by atoms with Gasteiger partial charge in [0.15, 0.2) is 17.9 Å². The number of hydrogen-bond donors (Lipinski definition) is 1. The van der Waals surface area contributed by atoms with Crippen molar-refractivity contribution in [1.82, 2.24) is 0 Å². The maximum Gasteiger partial charge on any atom is 0.166 e. The average Bonchev–Trinajstić information content (AvgIpc) is 2.02. The predicted molar refractivity (Wildman–Crippen MR) is 45.9 cm³/mol. The summed E-state index contributed by atoms with van der Waals surface area (Å²) in [5.41, 5.74) is 0.519. The molecular formula is C8H6BrFO2. The molecule has 0 aliphatic heterocycles. The SMILES string of the molecule is Cc1c(Br)cc(F)c(O)c1C=O. The molecule has 0 fully saturated rings. The van der Waals surface area contributed by atoms with E-state index in [0.29, 0.717) is 16.3 Å². The Balaban J connectivity index is 3.52. The highest BCUT2D eigenvalue weighted by Gasteiger charge is 2.12. The van der Waals surface area contributed by atoms with Crippen LogP contribution in [0.25, 0.3) is 0 Å². The van der Waals surface area contributed by atoms with Crippen LogP contribution in [-0.4, -0.2) is 11.4 Å². The van der Waals surface area contributed by atoms with E-state index in [4.69, 9.17) is 5.11 Å². The molecule has 1 N–H and O–H groups in total. The largest absolute Gasteiger partial charge is 0.504 e. The zero-order chi connectivity index (χ0) is 9.30. The second-order valence-corrected chi connectivity index (χ2v) is 3.20. The van der Waals surface area contributed by atoms with E-state index in [1.54, 1.807) is 6.92 Å². The van der Waals surface area contributed by atoms with Crippen LogP contribution in [-0.2, 0) is 0 Å². The van der Waals surface area contributed by atoms with Crippen LogP contribution in [0.5, 0.6) is 5.75 Å². The Kier molecular flexibility index (Phi) is 2.47. The number of halogens is 2. The normalized spacial score (nSPS) is 9.92. The molecule has 1 aromatic carbocycles. The molecule has 1 rings (SSSR count). The van der Waals surface area contributed by atoms with Crippen LogP contribution >= 0.6 is 15.9 Å². The molecule has 0 unspecified atom stereocenters. The van der Waals surface area contributed by atoms with E-state index in [2.05, 4.69) is 15.9 Å². The summed E-state index contributed by atoms with van der Waals surface area (Å²) in [6.07, 6.45) is 0.429. The number of benzene rings is 1. The lowest BCUT2D eigenvalue weighted by Gasteiger charge is -2.04. The molecular weight excluding hydrogens is 227 g/mol. The van der Waals surface area contributed by atoms with Gasteiger partial charge in [-0.05, 0) is 18.6 Å². The highest BCUT2D eigenvalue weighted by atomic mass is 79.9. The summed E-state index contributed by atoms with van der Waals surface area (Å²) in [7, 11) is 0. The van der Waals surface area contributed by atoms with Crippen LogP contribution in [0.1, 0.15) is 15.9 Å². The van der Waals surface area contributed by atoms with E-state index in [1.165, 1.54) is 0 Å². The molecule has 0 saturated heterocycles. The molecule has 0 spiro atoms. The lowest BCUT2D eigenvalue weighted by molar-refractivity contribution is 0.111. The molecule has 0 aromatic heterocycles. The maximum atomic E-state index is 12.8. The standard InChI is InChI=1S/C8H6BrFO2/c1-4-5(3-11)8(12)7(10)2-6(4)9/h2-3,12H,1H3. The van der Waals surface area contributed by atoms with Gasteiger partial charge in [-0.15, -0.1) is 0 Å². The molecule has 0 radical (unpaired) electrons. The van der Waals surface area contributed by atoms with Crippen molar-refractivity contribution in [1.29, 1.82) is 0 Å². The first-order valence-corrected chi connectivity index (χ1v) is 4.00. The highest BCUT2D eigenvalue weighted by Crippen LogP contribution is 2.29. The number of phenols is 1. The van der Waals surface area contributed by atoms with Crippen LogP contribution in [0, 0.1) is 12.7 Å². The van der Waals surface area contributed by atoms with Gasteiger partial charge in [-0.3, -0.25) is 4.79 Å². The number of hydrogen-bond acceptors (Lipinski definition) is 2. The van der Waals surface area contributed by atoms with E-state index in [1.807, 2.05) is 0 Å². The van der Waals surface area contributed by atoms with E-state index in [-0.39, 0.29) is 5.56 Å². The molecule has 2 nitrogen and oxygen atoms in total. The third-order valence-corrected chi connectivity index (χ3v) is 2.44. The highest BCUT2D eigenvalue weighted by molar-refractivity contribution is 9.10. The van der Waals surface area contributed by atoms with E-state index < -0.39 is 11.6 Å². The molecule has 0 heterocycles. The van der Waals surface area contributed by atoms with Crippen LogP contribution in [0.4, 0.5) is 4.39 Å². The molecule has 12 heavy (non-hydrogen) atoms. The first-order valence-electron chi connectivity index (χ1n) is 3.20. The van der Waals surface area contributed by atoms with Crippen molar-refractivity contribution in [2.75, 3.05) is 0 Å². The van der Waals surface area contributed by atoms with E-state index in [0.717, 1.165) is 6.07 Å². The third kappa shape index (κ3) is 1.34. The fourth-order valence-corrected chi connectivity index (χ4v) is 1.28. The Morgan fingerprint density at radius 2 is 2.25 bits per heavy atom. The number of rotatable bonds is 1. The summed E-state index contributed by atoms with van der Waals surface area (Å²) in [5, 5.41) is 9.08. The molecule has 1 aromatic rings. The molecule has 0 saturated carbocycles. The fourth-order valence-electron chi connectivity index (χ4n) is 0.867. The van der Waals surface area contributed by atoms with Gasteiger partial charge in [-0.2, -0.15) is 0 Å². The van der Waals surface area contributed by atoms with Crippen molar-refractivity contribution in [2.45, 2.75) is 6.92 Å². The van der Waals surface area contributed by atoms with E-state index in [9.17, 15) is 9.18 Å². The quantitative estimate of drug-likeness (QED) is 0.756. The summed E-state index contributed by atoms with van der Waals surface area (Å²) in [5.74, 6) is -1.39. The lowest BCUT2D eigenvalue weighted by atomic mass is 10.1. The minimum Gasteiger partial charge on any atom is -0.504 e. The second kappa shape index (κ2) is 3.23. The molecule has 4 heteroatoms. The molecule has 0 bridgehead atoms. The van der Waals surface area contributed by atoms with E-state index >= 15 is 0 Å². The van der Waals surface area contributed by atoms with Gasteiger partial charge in [0.25, 0.3) is 0 Å². The van der Waals surface area contributed by atoms with Crippen LogP contribution in [0.15, 0.2) is 10.5 Å². The average molecular weight is 233 g/mol. The van der Waals surface area contributed by atoms with Gasteiger partial charge >= 0.3 is 0 Å². The van der Waals surface area contributed by atoms with Crippen molar-refractivity contribution in [2.24, 2.45) is 0 Å². The topological polar surface area (TPSA) is 37.3 Å². The third-order valence-electron chi connectivity index (χ3n) is 1.61. The Bertz CT molecular complexity index is 310. The van der Waals surface area contributed by atoms with Gasteiger partial charge in [0.05, 0.1) is 5.56 Å². The molecule has 0 amide bonds. The van der Waals surface area contributed by atoms with Gasteiger partial charge in [0, 0.05) is 4.47 Å². The van der Waals surface area contributed by atoms with Crippen molar-refractivity contribution < 1.29 is 14.3 Å². The second-order valence-electron chi connectivity index (χ2n) is 2.35. The zero-order valence-corrected chi connectivity index (χ0v) is 7.85. The number of phenolic OH excluding ortho intramolecular Hbond substituents is 1. The summed E-state index contributed by atoms with van der Waals surface area (Å²) >= 11 is 3.06. The van der Waals surface area contributed by atoms with Crippen LogP contribution in [0.2, 0.25) is 0 Å². The first kappa shape index (κ1) is 9.19. The minimum absolute atomic E-state index is 0.0122. The maximum absolute atomic E-state index is 12.8. The fraction of sp³-hybridized carbons (Fsp3) is 0.125. The van der Waals surface area contributed by atoms with Gasteiger partial charge in [0.1, 0.15) is 0 Å². The molecule has 0 atom stereocenters. The summed E-state index contributed by atoms with van der Waals surface area (Å²) in [4.78, 5) is 10.4. The van der Waals surface area contributed by atoms with Gasteiger partial charge < -0.3 is 5.11 Å². The van der Waals surface area contributed by atoms with Crippen molar-refractivity contribution in [3.05, 3.63) is 27.5 Å². The lowest BCUT2D eigenvalue weighted by Crippen LogP contribution is -1.91. The Morgan fingerprint density at radius 1 is 1.67 bits per heavy atom. The molecule has 64 valence electrons. The smallest absolute Gasteiger partial charge is 0.166 e. The van der Waals surface area contributed by atoms with Crippen molar-refractivity contribution in [3.63, 3.8) is 0 Å². The Morgan fingerprint density at radius 3 is 2.75 bits per heavy atom. The summed E-state index contributed by atoms with van der Waals surface area (Å²) in [6, 6.07) is 1.12. The van der Waals surface area contributed by atoms with Gasteiger partial charge in [-0.1, -0.05) is 15.9 Å².